The zero-order valence-corrected chi connectivity index (χ0v) is 21.0. The van der Waals surface area contributed by atoms with Crippen LogP contribution in [-0.2, 0) is 18.5 Å². The zero-order chi connectivity index (χ0) is 22.0. The highest BCUT2D eigenvalue weighted by molar-refractivity contribution is 14.1. The van der Waals surface area contributed by atoms with Crippen molar-refractivity contribution in [2.24, 2.45) is 4.99 Å². The van der Waals surface area contributed by atoms with E-state index in [1.807, 2.05) is 24.3 Å². The van der Waals surface area contributed by atoms with Crippen molar-refractivity contribution in [3.63, 3.8) is 0 Å². The topological polar surface area (TPSA) is 76.1 Å². The van der Waals surface area contributed by atoms with Crippen molar-refractivity contribution < 1.29 is 4.74 Å². The van der Waals surface area contributed by atoms with Crippen LogP contribution in [0.1, 0.15) is 36.7 Å². The van der Waals surface area contributed by atoms with Crippen LogP contribution in [0.3, 0.4) is 0 Å². The highest BCUT2D eigenvalue weighted by atomic mass is 127. The summed E-state index contributed by atoms with van der Waals surface area (Å²) in [4.78, 5) is 13.9. The fourth-order valence-electron chi connectivity index (χ4n) is 3.65. The Bertz CT molecular complexity index is 1230. The van der Waals surface area contributed by atoms with Gasteiger partial charge >= 0.3 is 0 Å². The lowest BCUT2D eigenvalue weighted by Gasteiger charge is -2.20. The fraction of sp³-hybridized carbons (Fsp3) is 0.304. The van der Waals surface area contributed by atoms with E-state index < -0.39 is 5.54 Å². The number of rotatable bonds is 7. The molecule has 0 fully saturated rings. The smallest absolute Gasteiger partial charge is 0.215 e. The number of unbranched alkanes of at least 4 members (excludes halogenated alkanes) is 1. The van der Waals surface area contributed by atoms with Gasteiger partial charge in [-0.3, -0.25) is 4.99 Å². The van der Waals surface area contributed by atoms with Gasteiger partial charge in [0.1, 0.15) is 17.4 Å². The minimum absolute atomic E-state index is 0.577. The summed E-state index contributed by atoms with van der Waals surface area (Å²) in [6.07, 6.45) is 4.78. The van der Waals surface area contributed by atoms with E-state index in [1.54, 1.807) is 13.3 Å². The predicted octanol–water partition coefficient (Wildman–Crippen LogP) is 5.68. The molecule has 1 atom stereocenters. The molecule has 8 heteroatoms. The van der Waals surface area contributed by atoms with Crippen LogP contribution in [0.4, 0.5) is 0 Å². The Balaban J connectivity index is 1.69. The average molecular weight is 590 g/mol. The van der Waals surface area contributed by atoms with E-state index in [1.165, 1.54) is 0 Å². The van der Waals surface area contributed by atoms with Crippen molar-refractivity contribution in [3.8, 4) is 11.9 Å². The van der Waals surface area contributed by atoms with Gasteiger partial charge in [-0.2, -0.15) is 10.2 Å². The molecule has 1 aliphatic heterocycles. The summed E-state index contributed by atoms with van der Waals surface area (Å²) in [5.74, 6) is 1.60. The lowest BCUT2D eigenvalue weighted by Crippen LogP contribution is -2.19. The number of hydrogen-bond acceptors (Lipinski definition) is 5. The van der Waals surface area contributed by atoms with Crippen LogP contribution >= 0.6 is 38.5 Å². The standard InChI is InChI=1S/C23H21BrIN5O/c1-3-4-5-19-28-18-10-11-20(31-2)29-22(18)30(19)13-15-6-8-16(9-7-15)23(14-26)21(25)17(24)12-27-23/h6-12H,3-5,13H2,1-2H3. The number of nitrogens with zero attached hydrogens (tertiary/aromatic N) is 5. The maximum Gasteiger partial charge on any atom is 0.215 e. The largest absolute Gasteiger partial charge is 0.481 e. The Kier molecular flexibility index (Phi) is 6.44. The Morgan fingerprint density at radius 2 is 1.97 bits per heavy atom. The summed E-state index contributed by atoms with van der Waals surface area (Å²) in [6, 6.07) is 14.2. The number of hydrogen-bond donors (Lipinski definition) is 0. The lowest BCUT2D eigenvalue weighted by molar-refractivity contribution is 0.399. The molecule has 3 aromatic rings. The average Bonchev–Trinajstić information content (AvgIpc) is 3.29. The Hall–Kier alpha value is -2.25. The number of aryl methyl sites for hydroxylation is 1. The molecule has 0 saturated carbocycles. The quantitative estimate of drug-likeness (QED) is 0.333. The third-order valence-electron chi connectivity index (χ3n) is 5.38. The van der Waals surface area contributed by atoms with Gasteiger partial charge in [0.15, 0.2) is 5.65 Å². The van der Waals surface area contributed by atoms with E-state index in [0.717, 1.165) is 55.4 Å². The van der Waals surface area contributed by atoms with E-state index in [-0.39, 0.29) is 0 Å². The summed E-state index contributed by atoms with van der Waals surface area (Å²) >= 11 is 5.67. The van der Waals surface area contributed by atoms with Gasteiger partial charge in [0.05, 0.1) is 17.2 Å². The molecular formula is C23H21BrIN5O. The molecule has 0 aliphatic carbocycles. The third kappa shape index (κ3) is 4.01. The first kappa shape index (κ1) is 22.0. The molecule has 1 aliphatic rings. The zero-order valence-electron chi connectivity index (χ0n) is 17.3. The Morgan fingerprint density at radius 3 is 2.58 bits per heavy atom. The minimum atomic E-state index is -0.971. The maximum atomic E-state index is 9.87. The SMILES string of the molecule is CCCCc1nc2ccc(OC)nc2n1Cc1ccc(C2(C#N)N=CC(Br)=C2I)cc1. The fourth-order valence-corrected chi connectivity index (χ4v) is 4.75. The second kappa shape index (κ2) is 9.09. The van der Waals surface area contributed by atoms with Crippen molar-refractivity contribution >= 4 is 55.9 Å². The monoisotopic (exact) mass is 589 g/mol. The van der Waals surface area contributed by atoms with Gasteiger partial charge in [0, 0.05) is 23.2 Å². The van der Waals surface area contributed by atoms with Crippen LogP contribution in [0.2, 0.25) is 0 Å². The van der Waals surface area contributed by atoms with Gasteiger partial charge in [-0.15, -0.1) is 0 Å². The van der Waals surface area contributed by atoms with Gasteiger partial charge < -0.3 is 9.30 Å². The number of aliphatic imine (C=N–C) groups is 1. The third-order valence-corrected chi connectivity index (χ3v) is 8.09. The number of methoxy groups -OCH3 is 1. The minimum Gasteiger partial charge on any atom is -0.481 e. The van der Waals surface area contributed by atoms with Crippen molar-refractivity contribution in [2.45, 2.75) is 38.3 Å². The maximum absolute atomic E-state index is 9.87. The predicted molar refractivity (Wildman–Crippen MR) is 134 cm³/mol. The second-order valence-corrected chi connectivity index (χ2v) is 9.29. The van der Waals surface area contributed by atoms with Crippen LogP contribution < -0.4 is 4.74 Å². The first-order valence-electron chi connectivity index (χ1n) is 10.0. The van der Waals surface area contributed by atoms with E-state index in [4.69, 9.17) is 9.72 Å². The summed E-state index contributed by atoms with van der Waals surface area (Å²) in [5.41, 5.74) is 2.69. The molecule has 0 radical (unpaired) electrons. The normalized spacial score (nSPS) is 18.0. The molecule has 0 N–H and O–H groups in total. The molecule has 4 rings (SSSR count). The van der Waals surface area contributed by atoms with Crippen molar-refractivity contribution in [1.82, 2.24) is 14.5 Å². The van der Waals surface area contributed by atoms with Gasteiger partial charge in [-0.1, -0.05) is 37.6 Å². The number of ether oxygens (including phenoxy) is 1. The molecule has 0 bridgehead atoms. The van der Waals surface area contributed by atoms with Crippen molar-refractivity contribution in [3.05, 3.63) is 61.4 Å². The number of aromatic nitrogens is 3. The van der Waals surface area contributed by atoms with Gasteiger partial charge in [0.2, 0.25) is 11.4 Å². The Morgan fingerprint density at radius 1 is 1.19 bits per heavy atom. The molecule has 6 nitrogen and oxygen atoms in total. The highest BCUT2D eigenvalue weighted by Gasteiger charge is 2.39. The summed E-state index contributed by atoms with van der Waals surface area (Å²) in [6.45, 7) is 2.83. The van der Waals surface area contributed by atoms with E-state index in [9.17, 15) is 5.26 Å². The first-order valence-corrected chi connectivity index (χ1v) is 11.9. The molecule has 1 aromatic carbocycles. The van der Waals surface area contributed by atoms with Gasteiger partial charge in [-0.05, 0) is 62.1 Å². The molecule has 0 spiro atoms. The summed E-state index contributed by atoms with van der Waals surface area (Å²) in [5, 5.41) is 9.87. The molecule has 158 valence electrons. The molecule has 0 amide bonds. The number of halogens is 2. The molecular weight excluding hydrogens is 569 g/mol. The van der Waals surface area contributed by atoms with E-state index in [0.29, 0.717) is 12.4 Å². The number of imidazole rings is 1. The number of nitriles is 1. The van der Waals surface area contributed by atoms with Crippen LogP contribution in [0.5, 0.6) is 5.88 Å². The summed E-state index contributed by atoms with van der Waals surface area (Å²) < 4.78 is 9.22. The Labute approximate surface area is 203 Å². The number of allylic oxidation sites excluding steroid dienone is 1. The molecule has 2 aromatic heterocycles. The second-order valence-electron chi connectivity index (χ2n) is 7.35. The van der Waals surface area contributed by atoms with Gasteiger partial charge in [0.25, 0.3) is 0 Å². The van der Waals surface area contributed by atoms with Crippen molar-refractivity contribution in [1.29, 1.82) is 5.26 Å². The van der Waals surface area contributed by atoms with Crippen LogP contribution in [0.15, 0.2) is 49.5 Å². The number of benzene rings is 1. The van der Waals surface area contributed by atoms with E-state index >= 15 is 0 Å². The van der Waals surface area contributed by atoms with E-state index in [2.05, 4.69) is 78.2 Å². The lowest BCUT2D eigenvalue weighted by atomic mass is 9.92. The van der Waals surface area contributed by atoms with Crippen molar-refractivity contribution in [2.75, 3.05) is 7.11 Å². The molecule has 3 heterocycles. The highest BCUT2D eigenvalue weighted by Crippen LogP contribution is 2.44. The van der Waals surface area contributed by atoms with Crippen LogP contribution in [0.25, 0.3) is 11.2 Å². The van der Waals surface area contributed by atoms with Crippen LogP contribution in [-0.4, -0.2) is 27.9 Å². The summed E-state index contributed by atoms with van der Waals surface area (Å²) in [7, 11) is 1.62. The molecule has 1 unspecified atom stereocenters. The number of pyridine rings is 1. The first-order chi connectivity index (χ1) is 15.0. The van der Waals surface area contributed by atoms with Crippen LogP contribution in [0, 0.1) is 11.3 Å². The number of fused-ring (bicyclic) bond motifs is 1. The molecule has 31 heavy (non-hydrogen) atoms. The van der Waals surface area contributed by atoms with Gasteiger partial charge in [-0.25, -0.2) is 4.98 Å². The molecule has 0 saturated heterocycles.